The lowest BCUT2D eigenvalue weighted by molar-refractivity contribution is -0.128. The Hall–Kier alpha value is -1.38. The smallest absolute Gasteiger partial charge is 0.329 e. The average Bonchev–Trinajstić information content (AvgIpc) is 3.11. The van der Waals surface area contributed by atoms with E-state index in [1.54, 1.807) is 20.0 Å². The van der Waals surface area contributed by atoms with Gasteiger partial charge in [-0.1, -0.05) is 32.5 Å². The van der Waals surface area contributed by atoms with Crippen molar-refractivity contribution in [3.63, 3.8) is 0 Å². The third-order valence-electron chi connectivity index (χ3n) is 6.06. The molecular formula is C19H29N3O5SSi. The van der Waals surface area contributed by atoms with E-state index < -0.39 is 30.3 Å². The Balaban J connectivity index is 2.00. The normalized spacial score (nSPS) is 32.6. The number of thioether (sulfide) groups is 1. The third-order valence-corrected chi connectivity index (χ3v) is 12.1. The fraction of sp³-hybridized carbons (Fsp3) is 0.737. The maximum absolute atomic E-state index is 12.5. The first-order chi connectivity index (χ1) is 13.2. The molecule has 2 aliphatic heterocycles. The number of nitrogens with zero attached hydrogens (tertiary/aromatic N) is 2. The first-order valence-corrected chi connectivity index (χ1v) is 13.4. The topological polar surface area (TPSA) is 106 Å². The van der Waals surface area contributed by atoms with Gasteiger partial charge in [0, 0.05) is 25.1 Å². The van der Waals surface area contributed by atoms with E-state index in [4.69, 9.17) is 13.9 Å². The van der Waals surface area contributed by atoms with Crippen LogP contribution >= 0.6 is 11.8 Å². The number of aromatic amines is 1. The number of nitriles is 1. The summed E-state index contributed by atoms with van der Waals surface area (Å²) in [5.74, 6) is -1.36. The van der Waals surface area contributed by atoms with Crippen LogP contribution in [-0.4, -0.2) is 41.3 Å². The minimum atomic E-state index is -2.16. The lowest BCUT2D eigenvalue weighted by Crippen LogP contribution is -2.50. The SMILES string of the molecule is Cc1cn([C@H]2C[C@H](O[Si](C)(C)C(C)(C)C)[C@]3(COC(C)(C#N)O3)S2)c(=O)[nH]c1=O. The Bertz CT molecular complexity index is 962. The lowest BCUT2D eigenvalue weighted by atomic mass is 10.1. The molecule has 0 radical (unpaired) electrons. The quantitative estimate of drug-likeness (QED) is 0.722. The molecule has 2 fully saturated rings. The number of ether oxygens (including phenoxy) is 2. The summed E-state index contributed by atoms with van der Waals surface area (Å²) in [6.07, 6.45) is 1.72. The summed E-state index contributed by atoms with van der Waals surface area (Å²) in [6, 6.07) is 2.07. The van der Waals surface area contributed by atoms with Gasteiger partial charge in [0.05, 0.1) is 18.1 Å². The molecule has 1 aromatic heterocycles. The van der Waals surface area contributed by atoms with Crippen LogP contribution in [0.15, 0.2) is 15.8 Å². The molecule has 1 aromatic rings. The summed E-state index contributed by atoms with van der Waals surface area (Å²) < 4.78 is 20.1. The second-order valence-electron chi connectivity index (χ2n) is 9.41. The first kappa shape index (κ1) is 22.3. The highest BCUT2D eigenvalue weighted by atomic mass is 32.2. The summed E-state index contributed by atoms with van der Waals surface area (Å²) in [5.41, 5.74) is -0.405. The van der Waals surface area contributed by atoms with Gasteiger partial charge in [-0.3, -0.25) is 14.3 Å². The van der Waals surface area contributed by atoms with Gasteiger partial charge in [0.25, 0.3) is 11.3 Å². The number of H-pyrrole nitrogens is 1. The van der Waals surface area contributed by atoms with E-state index in [0.717, 1.165) is 0 Å². The number of nitrogens with one attached hydrogen (secondary N) is 1. The standard InChI is InChI=1S/C19H29N3O5SSi/c1-12-9-22(16(24)21-15(12)23)14-8-13(26-29(6,7)17(2,3)4)19(28-14)11-25-18(5,10-20)27-19/h9,13-14H,8,11H2,1-7H3,(H,21,23,24)/t13-,14+,18?,19-/m0/s1. The number of hydrogen-bond donors (Lipinski definition) is 1. The van der Waals surface area contributed by atoms with Crippen molar-refractivity contribution in [3.05, 3.63) is 32.6 Å². The van der Waals surface area contributed by atoms with Crippen LogP contribution in [0.25, 0.3) is 0 Å². The monoisotopic (exact) mass is 439 g/mol. The summed E-state index contributed by atoms with van der Waals surface area (Å²) >= 11 is 1.42. The van der Waals surface area contributed by atoms with Gasteiger partial charge in [-0.25, -0.2) is 4.79 Å². The fourth-order valence-electron chi connectivity index (χ4n) is 3.26. The predicted molar refractivity (Wildman–Crippen MR) is 113 cm³/mol. The molecule has 1 N–H and O–H groups in total. The number of aryl methyl sites for hydroxylation is 1. The van der Waals surface area contributed by atoms with E-state index in [9.17, 15) is 14.9 Å². The molecule has 3 heterocycles. The molecule has 1 spiro atoms. The van der Waals surface area contributed by atoms with E-state index in [1.807, 2.05) is 0 Å². The largest absolute Gasteiger partial charge is 0.410 e. The number of rotatable bonds is 3. The molecule has 2 aliphatic rings. The van der Waals surface area contributed by atoms with Crippen molar-refractivity contribution >= 4 is 20.1 Å². The van der Waals surface area contributed by atoms with Crippen LogP contribution in [0.3, 0.4) is 0 Å². The summed E-state index contributed by atoms with van der Waals surface area (Å²) in [5, 5.41) is 9.15. The maximum Gasteiger partial charge on any atom is 0.329 e. The van der Waals surface area contributed by atoms with Crippen LogP contribution in [-0.2, 0) is 13.9 Å². The van der Waals surface area contributed by atoms with Crippen LogP contribution in [0.1, 0.15) is 45.1 Å². The zero-order valence-electron chi connectivity index (χ0n) is 18.0. The van der Waals surface area contributed by atoms with Crippen molar-refractivity contribution in [1.82, 2.24) is 9.55 Å². The minimum Gasteiger partial charge on any atom is -0.410 e. The van der Waals surface area contributed by atoms with Gasteiger partial charge in [-0.15, -0.1) is 0 Å². The van der Waals surface area contributed by atoms with E-state index in [2.05, 4.69) is 44.9 Å². The predicted octanol–water partition coefficient (Wildman–Crippen LogP) is 2.85. The zero-order valence-corrected chi connectivity index (χ0v) is 19.8. The van der Waals surface area contributed by atoms with Gasteiger partial charge in [-0.2, -0.15) is 5.26 Å². The summed E-state index contributed by atoms with van der Waals surface area (Å²) in [6.45, 7) is 14.2. The number of hydrogen-bond acceptors (Lipinski definition) is 7. The molecule has 1 unspecified atom stereocenters. The van der Waals surface area contributed by atoms with Crippen molar-refractivity contribution in [1.29, 1.82) is 5.26 Å². The summed E-state index contributed by atoms with van der Waals surface area (Å²) in [7, 11) is -2.16. The Morgan fingerprint density at radius 1 is 1.41 bits per heavy atom. The van der Waals surface area contributed by atoms with Crippen molar-refractivity contribution < 1.29 is 13.9 Å². The molecule has 10 heteroatoms. The molecule has 0 amide bonds. The van der Waals surface area contributed by atoms with Gasteiger partial charge in [0.1, 0.15) is 6.07 Å². The van der Waals surface area contributed by atoms with Crippen LogP contribution < -0.4 is 11.2 Å². The molecule has 0 aromatic carbocycles. The lowest BCUT2D eigenvalue weighted by Gasteiger charge is -2.41. The van der Waals surface area contributed by atoms with Gasteiger partial charge in [0.2, 0.25) is 0 Å². The van der Waals surface area contributed by atoms with Crippen LogP contribution in [0.4, 0.5) is 0 Å². The van der Waals surface area contributed by atoms with Gasteiger partial charge in [-0.05, 0) is 25.1 Å². The van der Waals surface area contributed by atoms with E-state index in [1.165, 1.54) is 16.3 Å². The summed E-state index contributed by atoms with van der Waals surface area (Å²) in [4.78, 5) is 25.7. The second-order valence-corrected chi connectivity index (χ2v) is 15.6. The van der Waals surface area contributed by atoms with Gasteiger partial charge < -0.3 is 13.9 Å². The molecule has 0 aliphatic carbocycles. The Morgan fingerprint density at radius 2 is 2.07 bits per heavy atom. The molecule has 29 heavy (non-hydrogen) atoms. The molecular weight excluding hydrogens is 410 g/mol. The average molecular weight is 440 g/mol. The fourth-order valence-corrected chi connectivity index (χ4v) is 6.33. The van der Waals surface area contributed by atoms with Crippen LogP contribution in [0.5, 0.6) is 0 Å². The van der Waals surface area contributed by atoms with Crippen LogP contribution in [0.2, 0.25) is 18.1 Å². The highest BCUT2D eigenvalue weighted by Crippen LogP contribution is 2.57. The minimum absolute atomic E-state index is 0.0135. The van der Waals surface area contributed by atoms with Crippen LogP contribution in [0, 0.1) is 18.3 Å². The zero-order chi connectivity index (χ0) is 21.8. The molecule has 0 saturated carbocycles. The van der Waals surface area contributed by atoms with Crippen molar-refractivity contribution in [2.75, 3.05) is 6.61 Å². The molecule has 3 rings (SSSR count). The Kier molecular flexibility index (Phi) is 5.46. The highest BCUT2D eigenvalue weighted by Gasteiger charge is 2.61. The molecule has 8 nitrogen and oxygen atoms in total. The van der Waals surface area contributed by atoms with E-state index >= 15 is 0 Å². The molecule has 4 atom stereocenters. The Morgan fingerprint density at radius 3 is 2.62 bits per heavy atom. The molecule has 0 bridgehead atoms. The maximum atomic E-state index is 12.5. The van der Waals surface area contributed by atoms with E-state index in [0.29, 0.717) is 12.0 Å². The van der Waals surface area contributed by atoms with Crippen molar-refractivity contribution in [2.45, 2.75) is 81.4 Å². The van der Waals surface area contributed by atoms with E-state index in [-0.39, 0.29) is 23.1 Å². The van der Waals surface area contributed by atoms with Gasteiger partial charge in [0.15, 0.2) is 13.3 Å². The van der Waals surface area contributed by atoms with Gasteiger partial charge >= 0.3 is 5.69 Å². The Labute approximate surface area is 175 Å². The van der Waals surface area contributed by atoms with Crippen molar-refractivity contribution in [3.8, 4) is 6.07 Å². The molecule has 2 saturated heterocycles. The first-order valence-electron chi connectivity index (χ1n) is 9.65. The number of aromatic nitrogens is 2. The third kappa shape index (κ3) is 3.99. The molecule has 160 valence electrons. The second kappa shape index (κ2) is 7.09. The highest BCUT2D eigenvalue weighted by molar-refractivity contribution is 8.00. The van der Waals surface area contributed by atoms with Crippen molar-refractivity contribution in [2.24, 2.45) is 0 Å².